The molecule has 9 heavy (non-hydrogen) atoms. The van der Waals surface area contributed by atoms with E-state index in [4.69, 9.17) is 0 Å². The summed E-state index contributed by atoms with van der Waals surface area (Å²) in [7, 11) is 0. The summed E-state index contributed by atoms with van der Waals surface area (Å²) in [5.74, 6) is 0. The summed E-state index contributed by atoms with van der Waals surface area (Å²) in [6.45, 7) is 0.518. The van der Waals surface area contributed by atoms with E-state index in [1.807, 2.05) is 0 Å². The number of hydrogen-bond acceptors (Lipinski definition) is 5. The molecule has 0 bridgehead atoms. The van der Waals surface area contributed by atoms with Gasteiger partial charge in [0, 0.05) is 0 Å². The van der Waals surface area contributed by atoms with Gasteiger partial charge in [-0.05, 0) is 0 Å². The van der Waals surface area contributed by atoms with Crippen molar-refractivity contribution in [3.63, 3.8) is 0 Å². The monoisotopic (exact) mass is 125 g/mol. The van der Waals surface area contributed by atoms with Gasteiger partial charge in [0.25, 0.3) is 6.08 Å². The summed E-state index contributed by atoms with van der Waals surface area (Å²) in [6, 6.07) is 0. The number of aliphatic imine (C=N–C) groups is 1. The van der Waals surface area contributed by atoms with Crippen LogP contribution in [-0.4, -0.2) is 29.9 Å². The molecule has 0 aliphatic carbocycles. The highest BCUT2D eigenvalue weighted by atomic mass is 16.1. The summed E-state index contributed by atoms with van der Waals surface area (Å²) in [5, 5.41) is 4.52. The van der Waals surface area contributed by atoms with Gasteiger partial charge in [0.05, 0.1) is 6.54 Å². The number of hydrazone groups is 1. The molecule has 5 heteroatoms. The molecule has 0 saturated carbocycles. The molecule has 46 valence electrons. The van der Waals surface area contributed by atoms with E-state index in [0.717, 1.165) is 0 Å². The fraction of sp³-hybridized carbons (Fsp3) is 0.500. The molecule has 0 aromatic heterocycles. The third-order valence-corrected chi connectivity index (χ3v) is 0.932. The summed E-state index contributed by atoms with van der Waals surface area (Å²) in [4.78, 5) is 22.4. The zero-order chi connectivity index (χ0) is 6.69. The summed E-state index contributed by atoms with van der Waals surface area (Å²) >= 11 is 0. The fourth-order valence-corrected chi connectivity index (χ4v) is 0.448. The quantitative estimate of drug-likeness (QED) is 0.276. The van der Waals surface area contributed by atoms with Crippen molar-refractivity contribution in [3.05, 3.63) is 0 Å². The van der Waals surface area contributed by atoms with Crippen LogP contribution in [0.2, 0.25) is 0 Å². The number of nitrogens with zero attached hydrogens (tertiary/aromatic N) is 3. The van der Waals surface area contributed by atoms with Crippen LogP contribution >= 0.6 is 0 Å². The van der Waals surface area contributed by atoms with Crippen LogP contribution in [0.25, 0.3) is 0 Å². The third-order valence-electron chi connectivity index (χ3n) is 0.932. The van der Waals surface area contributed by atoms with E-state index in [1.54, 1.807) is 0 Å². The molecule has 5 nitrogen and oxygen atoms in total. The Hall–Kier alpha value is -1.44. The van der Waals surface area contributed by atoms with Crippen LogP contribution in [-0.2, 0) is 9.59 Å². The molecule has 1 heterocycles. The molecule has 0 aromatic carbocycles. The Morgan fingerprint density at radius 2 is 2.22 bits per heavy atom. The molecule has 1 fully saturated rings. The Kier molecular flexibility index (Phi) is 1.40. The maximum atomic E-state index is 9.55. The second kappa shape index (κ2) is 2.22. The smallest absolute Gasteiger partial charge is 0.255 e. The number of isocyanates is 2. The van der Waals surface area contributed by atoms with E-state index >= 15 is 0 Å². The van der Waals surface area contributed by atoms with Crippen LogP contribution in [0.3, 0.4) is 0 Å². The molecule has 1 rings (SSSR count). The molecule has 1 aliphatic rings. The zero-order valence-corrected chi connectivity index (χ0v) is 4.44. The van der Waals surface area contributed by atoms with Crippen LogP contribution in [0, 0.1) is 0 Å². The Morgan fingerprint density at radius 1 is 1.44 bits per heavy atom. The van der Waals surface area contributed by atoms with E-state index < -0.39 is 0 Å². The van der Waals surface area contributed by atoms with Gasteiger partial charge in [0.2, 0.25) is 6.08 Å². The Labute approximate surface area is 50.7 Å². The second-order valence-corrected chi connectivity index (χ2v) is 1.51. The van der Waals surface area contributed by atoms with Crippen molar-refractivity contribution in [2.75, 3.05) is 6.54 Å². The maximum absolute atomic E-state index is 9.55. The summed E-state index contributed by atoms with van der Waals surface area (Å²) in [5.41, 5.74) is 0. The molecule has 0 radical (unpaired) electrons. The number of rotatable bonds is 2. The van der Waals surface area contributed by atoms with Crippen LogP contribution < -0.4 is 0 Å². The second-order valence-electron chi connectivity index (χ2n) is 1.51. The van der Waals surface area contributed by atoms with Crippen molar-refractivity contribution in [1.82, 2.24) is 5.01 Å². The molecule has 1 saturated heterocycles. The number of hydrogen-bond donors (Lipinski definition) is 0. The first-order chi connectivity index (χ1) is 4.38. The van der Waals surface area contributed by atoms with Gasteiger partial charge in [-0.2, -0.15) is 4.99 Å². The minimum atomic E-state index is -0.260. The van der Waals surface area contributed by atoms with E-state index in [-0.39, 0.29) is 6.17 Å². The third kappa shape index (κ3) is 1.22. The van der Waals surface area contributed by atoms with Crippen molar-refractivity contribution in [3.8, 4) is 0 Å². The van der Waals surface area contributed by atoms with Crippen molar-refractivity contribution in [2.24, 2.45) is 10.1 Å². The Morgan fingerprint density at radius 3 is 2.78 bits per heavy atom. The lowest BCUT2D eigenvalue weighted by molar-refractivity contribution is 0.510. The van der Waals surface area contributed by atoms with E-state index in [2.05, 4.69) is 10.1 Å². The van der Waals surface area contributed by atoms with Gasteiger partial charge in [-0.15, -0.1) is 0 Å². The molecule has 1 aliphatic heterocycles. The lowest BCUT2D eigenvalue weighted by atomic mass is 10.8. The van der Waals surface area contributed by atoms with Crippen LogP contribution in [0.15, 0.2) is 10.1 Å². The Bertz CT molecular complexity index is 180. The van der Waals surface area contributed by atoms with Gasteiger partial charge in [-0.25, -0.2) is 9.59 Å². The first-order valence-electron chi connectivity index (χ1n) is 2.30. The highest BCUT2D eigenvalue weighted by molar-refractivity contribution is 5.35. The van der Waals surface area contributed by atoms with Gasteiger partial charge in [-0.1, -0.05) is 5.10 Å². The van der Waals surface area contributed by atoms with E-state index in [0.29, 0.717) is 6.54 Å². The minimum Gasteiger partial charge on any atom is -0.255 e. The van der Waals surface area contributed by atoms with Crippen LogP contribution in [0.4, 0.5) is 0 Å². The summed E-state index contributed by atoms with van der Waals surface area (Å²) in [6.07, 6.45) is 2.43. The lowest BCUT2D eigenvalue weighted by Gasteiger charge is -1.80. The average molecular weight is 125 g/mol. The molecular weight excluding hydrogens is 122 g/mol. The fourth-order valence-electron chi connectivity index (χ4n) is 0.448. The molecule has 1 unspecified atom stereocenters. The SMILES string of the molecule is O=C=NC1CN1N=C=O. The highest BCUT2D eigenvalue weighted by Crippen LogP contribution is 2.16. The topological polar surface area (TPSA) is 61.9 Å². The molecule has 0 spiro atoms. The van der Waals surface area contributed by atoms with Crippen molar-refractivity contribution >= 4 is 12.2 Å². The van der Waals surface area contributed by atoms with Gasteiger partial charge >= 0.3 is 0 Å². The van der Waals surface area contributed by atoms with Crippen molar-refractivity contribution in [1.29, 1.82) is 0 Å². The molecular formula is C4H3N3O2. The predicted molar refractivity (Wildman–Crippen MR) is 26.7 cm³/mol. The van der Waals surface area contributed by atoms with Gasteiger partial charge in [0.1, 0.15) is 0 Å². The van der Waals surface area contributed by atoms with Gasteiger partial charge in [-0.3, -0.25) is 5.01 Å². The Balaban J connectivity index is 2.41. The van der Waals surface area contributed by atoms with Crippen molar-refractivity contribution in [2.45, 2.75) is 6.17 Å². The van der Waals surface area contributed by atoms with E-state index in [9.17, 15) is 9.59 Å². The van der Waals surface area contributed by atoms with Crippen LogP contribution in [0.5, 0.6) is 0 Å². The van der Waals surface area contributed by atoms with E-state index in [1.165, 1.54) is 17.2 Å². The lowest BCUT2D eigenvalue weighted by Crippen LogP contribution is -1.87. The first-order valence-corrected chi connectivity index (χ1v) is 2.30. The van der Waals surface area contributed by atoms with Gasteiger partial charge in [0.15, 0.2) is 6.17 Å². The normalized spacial score (nSPS) is 21.8. The maximum Gasteiger partial charge on any atom is 0.258 e. The van der Waals surface area contributed by atoms with Gasteiger partial charge < -0.3 is 0 Å². The minimum absolute atomic E-state index is 0.260. The first kappa shape index (κ1) is 5.69. The average Bonchev–Trinajstić information content (AvgIpc) is 2.50. The van der Waals surface area contributed by atoms with Crippen molar-refractivity contribution < 1.29 is 9.59 Å². The molecule has 1 atom stereocenters. The number of carbonyl (C=O) groups excluding carboxylic acids is 2. The molecule has 0 N–H and O–H groups in total. The molecule has 0 amide bonds. The summed E-state index contributed by atoms with van der Waals surface area (Å²) < 4.78 is 0. The zero-order valence-electron chi connectivity index (χ0n) is 4.44. The molecule has 0 aromatic rings. The van der Waals surface area contributed by atoms with Crippen LogP contribution in [0.1, 0.15) is 0 Å². The highest BCUT2D eigenvalue weighted by Gasteiger charge is 2.32. The standard InChI is InChI=1S/C4H3N3O2/c8-2-5-4-1-7(4)6-3-9/h4H,1H2. The predicted octanol–water partition coefficient (Wildman–Crippen LogP) is -0.785. The largest absolute Gasteiger partial charge is 0.258 e.